The van der Waals surface area contributed by atoms with Gasteiger partial charge >= 0.3 is 0 Å². The van der Waals surface area contributed by atoms with E-state index in [4.69, 9.17) is 16.3 Å². The zero-order valence-corrected chi connectivity index (χ0v) is 11.5. The number of amides is 1. The van der Waals surface area contributed by atoms with E-state index in [1.54, 1.807) is 12.1 Å². The Morgan fingerprint density at radius 1 is 1.56 bits per heavy atom. The first kappa shape index (κ1) is 14.9. The predicted octanol–water partition coefficient (Wildman–Crippen LogP) is 2.53. The number of pyridine rings is 1. The third kappa shape index (κ3) is 5.98. The normalized spacial score (nSPS) is 10.7. The average molecular weight is 271 g/mol. The van der Waals surface area contributed by atoms with E-state index >= 15 is 0 Å². The van der Waals surface area contributed by atoms with Crippen molar-refractivity contribution in [3.63, 3.8) is 0 Å². The molecule has 1 rings (SSSR count). The fourth-order valence-electron chi connectivity index (χ4n) is 1.34. The third-order valence-corrected chi connectivity index (χ3v) is 2.40. The molecule has 0 aliphatic rings. The first-order valence-electron chi connectivity index (χ1n) is 6.07. The fraction of sp³-hybridized carbons (Fsp3) is 0.538. The van der Waals surface area contributed by atoms with Gasteiger partial charge in [0, 0.05) is 31.5 Å². The Bertz CT molecular complexity index is 383. The Hall–Kier alpha value is -1.13. The highest BCUT2D eigenvalue weighted by Crippen LogP contribution is 2.06. The molecule has 1 aromatic heterocycles. The van der Waals surface area contributed by atoms with Crippen molar-refractivity contribution < 1.29 is 9.53 Å². The molecule has 0 atom stereocenters. The van der Waals surface area contributed by atoms with Crippen molar-refractivity contribution in [2.24, 2.45) is 5.92 Å². The van der Waals surface area contributed by atoms with Crippen LogP contribution in [0.1, 0.15) is 30.6 Å². The topological polar surface area (TPSA) is 51.2 Å². The van der Waals surface area contributed by atoms with Gasteiger partial charge in [-0.1, -0.05) is 25.4 Å². The SMILES string of the molecule is CC(C)COCCCNC(=O)c1ccnc(Cl)c1. The predicted molar refractivity (Wildman–Crippen MR) is 71.9 cm³/mol. The van der Waals surface area contributed by atoms with Crippen molar-refractivity contribution >= 4 is 17.5 Å². The number of halogens is 1. The van der Waals surface area contributed by atoms with Crippen LogP contribution in [0.5, 0.6) is 0 Å². The Balaban J connectivity index is 2.18. The van der Waals surface area contributed by atoms with Crippen LogP contribution >= 0.6 is 11.6 Å². The van der Waals surface area contributed by atoms with Crippen LogP contribution in [-0.4, -0.2) is 30.6 Å². The molecule has 0 aliphatic carbocycles. The van der Waals surface area contributed by atoms with E-state index in [2.05, 4.69) is 24.1 Å². The van der Waals surface area contributed by atoms with Gasteiger partial charge in [0.15, 0.2) is 0 Å². The zero-order valence-electron chi connectivity index (χ0n) is 10.8. The van der Waals surface area contributed by atoms with Crippen LogP contribution in [0.3, 0.4) is 0 Å². The second-order valence-corrected chi connectivity index (χ2v) is 4.83. The second kappa shape index (κ2) is 8.06. The van der Waals surface area contributed by atoms with Gasteiger partial charge in [-0.2, -0.15) is 0 Å². The summed E-state index contributed by atoms with van der Waals surface area (Å²) in [6.45, 7) is 6.23. The lowest BCUT2D eigenvalue weighted by Crippen LogP contribution is -2.25. The second-order valence-electron chi connectivity index (χ2n) is 4.45. The summed E-state index contributed by atoms with van der Waals surface area (Å²) in [5.41, 5.74) is 0.526. The molecular weight excluding hydrogens is 252 g/mol. The zero-order chi connectivity index (χ0) is 13.4. The van der Waals surface area contributed by atoms with Gasteiger partial charge in [0.05, 0.1) is 0 Å². The van der Waals surface area contributed by atoms with Crippen LogP contribution in [0.2, 0.25) is 5.15 Å². The van der Waals surface area contributed by atoms with E-state index in [0.717, 1.165) is 13.0 Å². The number of carbonyl (C=O) groups excluding carboxylic acids is 1. The molecule has 1 heterocycles. The highest BCUT2D eigenvalue weighted by Gasteiger charge is 2.05. The van der Waals surface area contributed by atoms with Crippen molar-refractivity contribution in [1.29, 1.82) is 0 Å². The summed E-state index contributed by atoms with van der Waals surface area (Å²) >= 11 is 5.71. The largest absolute Gasteiger partial charge is 0.381 e. The number of rotatable bonds is 7. The molecule has 0 saturated carbocycles. The lowest BCUT2D eigenvalue weighted by Gasteiger charge is -2.07. The average Bonchev–Trinajstić information content (AvgIpc) is 2.33. The lowest BCUT2D eigenvalue weighted by atomic mass is 10.2. The third-order valence-electron chi connectivity index (χ3n) is 2.19. The van der Waals surface area contributed by atoms with Crippen LogP contribution in [0.25, 0.3) is 0 Å². The van der Waals surface area contributed by atoms with Crippen LogP contribution < -0.4 is 5.32 Å². The van der Waals surface area contributed by atoms with Crippen LogP contribution in [-0.2, 0) is 4.74 Å². The minimum atomic E-state index is -0.136. The molecular formula is C13H19ClN2O2. The first-order valence-corrected chi connectivity index (χ1v) is 6.45. The maximum atomic E-state index is 11.7. The highest BCUT2D eigenvalue weighted by molar-refractivity contribution is 6.29. The highest BCUT2D eigenvalue weighted by atomic mass is 35.5. The Labute approximate surface area is 113 Å². The van der Waals surface area contributed by atoms with Crippen molar-refractivity contribution in [3.8, 4) is 0 Å². The summed E-state index contributed by atoms with van der Waals surface area (Å²) in [5.74, 6) is 0.404. The Morgan fingerprint density at radius 3 is 3.00 bits per heavy atom. The van der Waals surface area contributed by atoms with Crippen molar-refractivity contribution in [3.05, 3.63) is 29.0 Å². The molecule has 1 N–H and O–H groups in total. The molecule has 0 unspecified atom stereocenters. The smallest absolute Gasteiger partial charge is 0.251 e. The van der Waals surface area contributed by atoms with Gasteiger partial charge in [-0.3, -0.25) is 4.79 Å². The summed E-state index contributed by atoms with van der Waals surface area (Å²) in [5, 5.41) is 3.13. The number of hydrogen-bond acceptors (Lipinski definition) is 3. The quantitative estimate of drug-likeness (QED) is 0.612. The number of nitrogens with zero attached hydrogens (tertiary/aromatic N) is 1. The van der Waals surface area contributed by atoms with E-state index in [1.165, 1.54) is 6.20 Å². The van der Waals surface area contributed by atoms with E-state index in [0.29, 0.717) is 29.8 Å². The lowest BCUT2D eigenvalue weighted by molar-refractivity contribution is 0.0925. The number of aromatic nitrogens is 1. The molecule has 0 aromatic carbocycles. The van der Waals surface area contributed by atoms with Crippen LogP contribution in [0.15, 0.2) is 18.3 Å². The molecule has 18 heavy (non-hydrogen) atoms. The standard InChI is InChI=1S/C13H19ClN2O2/c1-10(2)9-18-7-3-5-16-13(17)11-4-6-15-12(14)8-11/h4,6,8,10H,3,5,7,9H2,1-2H3,(H,16,17). The molecule has 0 radical (unpaired) electrons. The van der Waals surface area contributed by atoms with Gasteiger partial charge in [0.2, 0.25) is 0 Å². The number of carbonyl (C=O) groups is 1. The molecule has 0 fully saturated rings. The van der Waals surface area contributed by atoms with E-state index in [1.807, 2.05) is 0 Å². The Kier molecular flexibility index (Phi) is 6.68. The molecule has 0 spiro atoms. The minimum Gasteiger partial charge on any atom is -0.381 e. The molecule has 100 valence electrons. The fourth-order valence-corrected chi connectivity index (χ4v) is 1.51. The molecule has 0 aliphatic heterocycles. The summed E-state index contributed by atoms with van der Waals surface area (Å²) in [6.07, 6.45) is 2.32. The van der Waals surface area contributed by atoms with E-state index < -0.39 is 0 Å². The van der Waals surface area contributed by atoms with Gasteiger partial charge in [0.1, 0.15) is 5.15 Å². The minimum absolute atomic E-state index is 0.136. The van der Waals surface area contributed by atoms with Gasteiger partial charge in [-0.05, 0) is 24.5 Å². The van der Waals surface area contributed by atoms with Crippen molar-refractivity contribution in [2.45, 2.75) is 20.3 Å². The summed E-state index contributed by atoms with van der Waals surface area (Å²) < 4.78 is 5.42. The van der Waals surface area contributed by atoms with Crippen molar-refractivity contribution in [2.75, 3.05) is 19.8 Å². The van der Waals surface area contributed by atoms with Crippen LogP contribution in [0, 0.1) is 5.92 Å². The summed E-state index contributed by atoms with van der Waals surface area (Å²) in [4.78, 5) is 15.5. The van der Waals surface area contributed by atoms with Crippen molar-refractivity contribution in [1.82, 2.24) is 10.3 Å². The summed E-state index contributed by atoms with van der Waals surface area (Å²) in [7, 11) is 0. The first-order chi connectivity index (χ1) is 8.59. The van der Waals surface area contributed by atoms with Gasteiger partial charge in [0.25, 0.3) is 5.91 Å². The Morgan fingerprint density at radius 2 is 2.33 bits per heavy atom. The van der Waals surface area contributed by atoms with E-state index in [-0.39, 0.29) is 5.91 Å². The van der Waals surface area contributed by atoms with Crippen LogP contribution in [0.4, 0.5) is 0 Å². The maximum absolute atomic E-state index is 11.7. The number of ether oxygens (including phenoxy) is 1. The molecule has 1 amide bonds. The maximum Gasteiger partial charge on any atom is 0.251 e. The molecule has 0 bridgehead atoms. The van der Waals surface area contributed by atoms with Gasteiger partial charge < -0.3 is 10.1 Å². The van der Waals surface area contributed by atoms with Gasteiger partial charge in [-0.25, -0.2) is 4.98 Å². The molecule has 0 saturated heterocycles. The monoisotopic (exact) mass is 270 g/mol. The summed E-state index contributed by atoms with van der Waals surface area (Å²) in [6, 6.07) is 3.18. The molecule has 4 nitrogen and oxygen atoms in total. The number of hydrogen-bond donors (Lipinski definition) is 1. The molecule has 1 aromatic rings. The van der Waals surface area contributed by atoms with E-state index in [9.17, 15) is 4.79 Å². The van der Waals surface area contributed by atoms with Gasteiger partial charge in [-0.15, -0.1) is 0 Å². The number of nitrogens with one attached hydrogen (secondary N) is 1. The molecule has 5 heteroatoms.